The number of nitrogens with zero attached hydrogens (tertiary/aromatic N) is 3. The van der Waals surface area contributed by atoms with E-state index in [-0.39, 0.29) is 24.8 Å². The Morgan fingerprint density at radius 3 is 2.39 bits per heavy atom. The van der Waals surface area contributed by atoms with Gasteiger partial charge in [0.25, 0.3) is 5.91 Å². The largest absolute Gasteiger partial charge is 0.360 e. The lowest BCUT2D eigenvalue weighted by Crippen LogP contribution is -2.35. The Hall–Kier alpha value is -3.94. The lowest BCUT2D eigenvalue weighted by atomic mass is 10.1. The molecule has 2 heterocycles. The summed E-state index contributed by atoms with van der Waals surface area (Å²) in [7, 11) is 0. The predicted octanol–water partition coefficient (Wildman–Crippen LogP) is 3.52. The zero-order chi connectivity index (χ0) is 21.8. The SMILES string of the molecule is Cc1cc(NC(=O)CCN2C(=O)C(c3ccccc3)N(Cc3ccccc3)C2=O)no1. The minimum Gasteiger partial charge on any atom is -0.360 e. The number of carbonyl (C=O) groups is 3. The van der Waals surface area contributed by atoms with Crippen LogP contribution in [0.5, 0.6) is 0 Å². The van der Waals surface area contributed by atoms with E-state index in [4.69, 9.17) is 4.52 Å². The molecule has 8 heteroatoms. The van der Waals surface area contributed by atoms with E-state index in [1.54, 1.807) is 17.9 Å². The summed E-state index contributed by atoms with van der Waals surface area (Å²) in [5.41, 5.74) is 1.66. The number of benzene rings is 2. The van der Waals surface area contributed by atoms with Gasteiger partial charge in [-0.3, -0.25) is 14.5 Å². The monoisotopic (exact) mass is 418 g/mol. The highest BCUT2D eigenvalue weighted by atomic mass is 16.5. The van der Waals surface area contributed by atoms with Crippen LogP contribution in [0.4, 0.5) is 10.6 Å². The number of urea groups is 1. The van der Waals surface area contributed by atoms with Gasteiger partial charge in [-0.15, -0.1) is 0 Å². The Morgan fingerprint density at radius 2 is 1.74 bits per heavy atom. The average molecular weight is 418 g/mol. The van der Waals surface area contributed by atoms with Gasteiger partial charge in [0.2, 0.25) is 5.91 Å². The third-order valence-corrected chi connectivity index (χ3v) is 5.06. The van der Waals surface area contributed by atoms with Gasteiger partial charge in [0, 0.05) is 25.6 Å². The molecule has 0 radical (unpaired) electrons. The lowest BCUT2D eigenvalue weighted by molar-refractivity contribution is -0.128. The van der Waals surface area contributed by atoms with E-state index in [9.17, 15) is 14.4 Å². The molecule has 1 aliphatic heterocycles. The second-order valence-corrected chi connectivity index (χ2v) is 7.32. The summed E-state index contributed by atoms with van der Waals surface area (Å²) >= 11 is 0. The number of aryl methyl sites for hydroxylation is 1. The van der Waals surface area contributed by atoms with E-state index in [0.717, 1.165) is 16.0 Å². The lowest BCUT2D eigenvalue weighted by Gasteiger charge is -2.22. The third-order valence-electron chi connectivity index (χ3n) is 5.06. The van der Waals surface area contributed by atoms with Crippen LogP contribution >= 0.6 is 0 Å². The Labute approximate surface area is 179 Å². The molecule has 2 aromatic carbocycles. The van der Waals surface area contributed by atoms with E-state index < -0.39 is 12.1 Å². The van der Waals surface area contributed by atoms with Crippen molar-refractivity contribution >= 4 is 23.7 Å². The van der Waals surface area contributed by atoms with Crippen molar-refractivity contribution < 1.29 is 18.9 Å². The van der Waals surface area contributed by atoms with Crippen molar-refractivity contribution in [1.82, 2.24) is 15.0 Å². The molecule has 0 spiro atoms. The van der Waals surface area contributed by atoms with Crippen LogP contribution in [0.3, 0.4) is 0 Å². The fourth-order valence-corrected chi connectivity index (χ4v) is 3.59. The first-order valence-corrected chi connectivity index (χ1v) is 9.97. The third kappa shape index (κ3) is 4.48. The highest BCUT2D eigenvalue weighted by Crippen LogP contribution is 2.32. The fraction of sp³-hybridized carbons (Fsp3) is 0.217. The van der Waals surface area contributed by atoms with Crippen LogP contribution in [-0.2, 0) is 16.1 Å². The van der Waals surface area contributed by atoms with Crippen molar-refractivity contribution in [2.75, 3.05) is 11.9 Å². The van der Waals surface area contributed by atoms with Crippen LogP contribution < -0.4 is 5.32 Å². The maximum atomic E-state index is 13.2. The van der Waals surface area contributed by atoms with Gasteiger partial charge in [0.1, 0.15) is 11.8 Å². The van der Waals surface area contributed by atoms with Crippen LogP contribution in [0.15, 0.2) is 71.3 Å². The number of imide groups is 1. The number of nitrogens with one attached hydrogen (secondary N) is 1. The van der Waals surface area contributed by atoms with Crippen LogP contribution in [0.2, 0.25) is 0 Å². The molecule has 158 valence electrons. The number of hydrogen-bond acceptors (Lipinski definition) is 5. The Kier molecular flexibility index (Phi) is 5.79. The Bertz CT molecular complexity index is 1080. The van der Waals surface area contributed by atoms with Crippen molar-refractivity contribution in [2.24, 2.45) is 0 Å². The molecular formula is C23H22N4O4. The molecule has 1 N–H and O–H groups in total. The molecule has 8 nitrogen and oxygen atoms in total. The molecule has 0 bridgehead atoms. The van der Waals surface area contributed by atoms with Gasteiger partial charge in [-0.2, -0.15) is 0 Å². The zero-order valence-electron chi connectivity index (χ0n) is 17.0. The molecule has 1 aromatic heterocycles. The van der Waals surface area contributed by atoms with Gasteiger partial charge in [0.05, 0.1) is 0 Å². The standard InChI is InChI=1S/C23H22N4O4/c1-16-14-19(25-31-16)24-20(28)12-13-26-22(29)21(18-10-6-3-7-11-18)27(23(26)30)15-17-8-4-2-5-9-17/h2-11,14,21H,12-13,15H2,1H3,(H,24,25,28). The highest BCUT2D eigenvalue weighted by molar-refractivity contribution is 6.05. The molecular weight excluding hydrogens is 396 g/mol. The number of amides is 4. The first-order valence-electron chi connectivity index (χ1n) is 9.97. The van der Waals surface area contributed by atoms with Crippen molar-refractivity contribution in [2.45, 2.75) is 25.9 Å². The van der Waals surface area contributed by atoms with Crippen LogP contribution in [-0.4, -0.2) is 39.3 Å². The van der Waals surface area contributed by atoms with Crippen LogP contribution in [0, 0.1) is 6.92 Å². The van der Waals surface area contributed by atoms with Gasteiger partial charge in [0.15, 0.2) is 5.82 Å². The summed E-state index contributed by atoms with van der Waals surface area (Å²) in [6.45, 7) is 2.00. The zero-order valence-corrected chi connectivity index (χ0v) is 17.0. The first-order chi connectivity index (χ1) is 15.0. The molecule has 1 aliphatic rings. The van der Waals surface area contributed by atoms with Gasteiger partial charge in [-0.25, -0.2) is 4.79 Å². The van der Waals surface area contributed by atoms with Gasteiger partial charge >= 0.3 is 6.03 Å². The maximum absolute atomic E-state index is 13.2. The smallest absolute Gasteiger partial charge is 0.328 e. The molecule has 1 unspecified atom stereocenters. The molecule has 3 aromatic rings. The number of rotatable bonds is 7. The first kappa shape index (κ1) is 20.3. The van der Waals surface area contributed by atoms with E-state index >= 15 is 0 Å². The molecule has 1 atom stereocenters. The summed E-state index contributed by atoms with van der Waals surface area (Å²) in [6, 6.07) is 19.2. The minimum absolute atomic E-state index is 0.0189. The summed E-state index contributed by atoms with van der Waals surface area (Å²) in [4.78, 5) is 41.3. The molecule has 1 fully saturated rings. The van der Waals surface area contributed by atoms with Crippen molar-refractivity contribution in [3.05, 3.63) is 83.6 Å². The minimum atomic E-state index is -0.727. The predicted molar refractivity (Wildman–Crippen MR) is 113 cm³/mol. The van der Waals surface area contributed by atoms with Crippen LogP contribution in [0.1, 0.15) is 29.3 Å². The van der Waals surface area contributed by atoms with Gasteiger partial charge in [-0.05, 0) is 18.1 Å². The summed E-state index contributed by atoms with van der Waals surface area (Å²) in [5, 5.41) is 6.32. The molecule has 4 amide bonds. The molecule has 31 heavy (non-hydrogen) atoms. The van der Waals surface area contributed by atoms with E-state index in [2.05, 4.69) is 10.5 Å². The Morgan fingerprint density at radius 1 is 1.06 bits per heavy atom. The van der Waals surface area contributed by atoms with E-state index in [1.807, 2.05) is 60.7 Å². The van der Waals surface area contributed by atoms with Crippen molar-refractivity contribution in [3.8, 4) is 0 Å². The highest BCUT2D eigenvalue weighted by Gasteiger charge is 2.45. The normalized spacial score (nSPS) is 16.1. The Balaban J connectivity index is 1.50. The topological polar surface area (TPSA) is 95.8 Å². The molecule has 1 saturated heterocycles. The summed E-state index contributed by atoms with van der Waals surface area (Å²) in [5.74, 6) is 0.181. The number of hydrogen-bond donors (Lipinski definition) is 1. The fourth-order valence-electron chi connectivity index (χ4n) is 3.59. The van der Waals surface area contributed by atoms with E-state index in [1.165, 1.54) is 0 Å². The van der Waals surface area contributed by atoms with Crippen molar-refractivity contribution in [3.63, 3.8) is 0 Å². The number of aromatic nitrogens is 1. The molecule has 0 saturated carbocycles. The molecule has 4 rings (SSSR count). The van der Waals surface area contributed by atoms with Gasteiger partial charge in [-0.1, -0.05) is 65.8 Å². The average Bonchev–Trinajstić information content (AvgIpc) is 3.28. The summed E-state index contributed by atoms with van der Waals surface area (Å²) in [6.07, 6.45) is -0.0376. The maximum Gasteiger partial charge on any atom is 0.328 e. The van der Waals surface area contributed by atoms with E-state index in [0.29, 0.717) is 18.1 Å². The second kappa shape index (κ2) is 8.83. The number of anilines is 1. The summed E-state index contributed by atoms with van der Waals surface area (Å²) < 4.78 is 4.92. The van der Waals surface area contributed by atoms with Gasteiger partial charge < -0.3 is 14.7 Å². The number of carbonyl (C=O) groups excluding carboxylic acids is 3. The second-order valence-electron chi connectivity index (χ2n) is 7.32. The quantitative estimate of drug-likeness (QED) is 0.593. The molecule has 0 aliphatic carbocycles. The van der Waals surface area contributed by atoms with Crippen LogP contribution in [0.25, 0.3) is 0 Å². The van der Waals surface area contributed by atoms with Crippen molar-refractivity contribution in [1.29, 1.82) is 0 Å².